The van der Waals surface area contributed by atoms with Gasteiger partial charge < -0.3 is 20.5 Å². The molecule has 2 heterocycles. The van der Waals surface area contributed by atoms with E-state index >= 15 is 0 Å². The van der Waals surface area contributed by atoms with Crippen LogP contribution in [0.5, 0.6) is 0 Å². The fraction of sp³-hybridized carbons (Fsp3) is 0.270. The van der Waals surface area contributed by atoms with Gasteiger partial charge in [-0.15, -0.1) is 0 Å². The molecule has 3 aromatic carbocycles. The van der Waals surface area contributed by atoms with E-state index in [1.54, 1.807) is 12.1 Å². The van der Waals surface area contributed by atoms with Crippen molar-refractivity contribution < 1.29 is 19.4 Å². The Balaban J connectivity index is 1.45. The normalized spacial score (nSPS) is 12.1. The molecule has 2 amide bonds. The molecule has 0 spiro atoms. The van der Waals surface area contributed by atoms with Gasteiger partial charge in [0.15, 0.2) is 5.65 Å². The number of pyridine rings is 1. The van der Waals surface area contributed by atoms with E-state index in [4.69, 9.17) is 9.72 Å². The third-order valence-electron chi connectivity index (χ3n) is 7.26. The Morgan fingerprint density at radius 3 is 2.38 bits per heavy atom. The maximum atomic E-state index is 13.6. The molecule has 0 fully saturated rings. The van der Waals surface area contributed by atoms with Gasteiger partial charge in [0.25, 0.3) is 5.91 Å². The number of nitrogens with zero attached hydrogens (tertiary/aromatic N) is 3. The maximum Gasteiger partial charge on any atom is 0.412 e. The molecule has 5 rings (SSSR count). The minimum Gasteiger partial charge on any atom is -0.444 e. The number of fused-ring (bicyclic) bond motifs is 1. The van der Waals surface area contributed by atoms with Crippen LogP contribution in [0.3, 0.4) is 0 Å². The van der Waals surface area contributed by atoms with Crippen LogP contribution in [0, 0.1) is 0 Å². The average molecular weight is 665 g/mol. The molecule has 248 valence electrons. The molecular formula is C37H40N6O4S. The van der Waals surface area contributed by atoms with Crippen LogP contribution in [-0.4, -0.2) is 44.3 Å². The summed E-state index contributed by atoms with van der Waals surface area (Å²) in [7, 11) is 0. The molecule has 0 bridgehead atoms. The largest absolute Gasteiger partial charge is 0.444 e. The predicted molar refractivity (Wildman–Crippen MR) is 190 cm³/mol. The van der Waals surface area contributed by atoms with Gasteiger partial charge in [-0.3, -0.25) is 10.1 Å². The van der Waals surface area contributed by atoms with Gasteiger partial charge in [0, 0.05) is 33.3 Å². The summed E-state index contributed by atoms with van der Waals surface area (Å²) in [5, 5.41) is 19.7. The first-order chi connectivity index (χ1) is 23.0. The van der Waals surface area contributed by atoms with Crippen LogP contribution >= 0.6 is 11.8 Å². The lowest BCUT2D eigenvalue weighted by atomic mass is 10.0. The molecule has 2 aromatic heterocycles. The Morgan fingerprint density at radius 1 is 0.938 bits per heavy atom. The van der Waals surface area contributed by atoms with Gasteiger partial charge in [-0.25, -0.2) is 19.7 Å². The number of aliphatic hydroxyl groups is 1. The molecule has 0 saturated heterocycles. The van der Waals surface area contributed by atoms with Crippen LogP contribution in [0.15, 0.2) is 101 Å². The number of anilines is 3. The van der Waals surface area contributed by atoms with E-state index in [2.05, 4.69) is 39.8 Å². The summed E-state index contributed by atoms with van der Waals surface area (Å²) < 4.78 is 5.36. The lowest BCUT2D eigenvalue weighted by Crippen LogP contribution is -2.29. The molecule has 11 heteroatoms. The molecule has 0 aliphatic heterocycles. The van der Waals surface area contributed by atoms with E-state index in [1.807, 2.05) is 93.6 Å². The molecule has 0 aliphatic carbocycles. The summed E-state index contributed by atoms with van der Waals surface area (Å²) in [5.41, 5.74) is 3.53. The van der Waals surface area contributed by atoms with Crippen molar-refractivity contribution in [2.24, 2.45) is 0 Å². The SMILES string of the molecule is CC(C)c1ccc2c(Nc3cc(C(=O)NC(CCO)c4ccccc4)ccc3Sc3ccc(NC(=O)OC(C)(C)C)cc3)ncnc2n1. The Labute approximate surface area is 284 Å². The number of rotatable bonds is 11. The number of hydrogen-bond donors (Lipinski definition) is 4. The molecule has 48 heavy (non-hydrogen) atoms. The maximum absolute atomic E-state index is 13.6. The lowest BCUT2D eigenvalue weighted by molar-refractivity contribution is 0.0635. The van der Waals surface area contributed by atoms with E-state index in [0.717, 1.165) is 26.4 Å². The third kappa shape index (κ3) is 9.08. The summed E-state index contributed by atoms with van der Waals surface area (Å²) in [4.78, 5) is 41.2. The number of ether oxygens (including phenoxy) is 1. The molecule has 1 unspecified atom stereocenters. The fourth-order valence-corrected chi connectivity index (χ4v) is 5.78. The van der Waals surface area contributed by atoms with Crippen molar-refractivity contribution in [3.63, 3.8) is 0 Å². The Morgan fingerprint density at radius 2 is 1.69 bits per heavy atom. The van der Waals surface area contributed by atoms with Gasteiger partial charge in [-0.05, 0) is 93.3 Å². The van der Waals surface area contributed by atoms with E-state index < -0.39 is 11.7 Å². The number of carbonyl (C=O) groups is 2. The number of carbonyl (C=O) groups excluding carboxylic acids is 2. The van der Waals surface area contributed by atoms with Crippen molar-refractivity contribution in [3.05, 3.63) is 108 Å². The van der Waals surface area contributed by atoms with E-state index in [9.17, 15) is 14.7 Å². The Kier molecular flexibility index (Phi) is 10.9. The van der Waals surface area contributed by atoms with Crippen LogP contribution in [-0.2, 0) is 4.74 Å². The topological polar surface area (TPSA) is 138 Å². The van der Waals surface area contributed by atoms with Crippen molar-refractivity contribution in [1.29, 1.82) is 0 Å². The first-order valence-corrected chi connectivity index (χ1v) is 16.6. The smallest absolute Gasteiger partial charge is 0.412 e. The van der Waals surface area contributed by atoms with Gasteiger partial charge in [0.2, 0.25) is 0 Å². The van der Waals surface area contributed by atoms with E-state index in [0.29, 0.717) is 34.8 Å². The van der Waals surface area contributed by atoms with Crippen LogP contribution < -0.4 is 16.0 Å². The molecular weight excluding hydrogens is 625 g/mol. The molecule has 0 aliphatic rings. The van der Waals surface area contributed by atoms with Gasteiger partial charge in [0.05, 0.1) is 17.1 Å². The average Bonchev–Trinajstić information content (AvgIpc) is 3.05. The number of benzene rings is 3. The first-order valence-electron chi connectivity index (χ1n) is 15.8. The molecule has 0 saturated carbocycles. The highest BCUT2D eigenvalue weighted by atomic mass is 32.2. The lowest BCUT2D eigenvalue weighted by Gasteiger charge is -2.20. The zero-order valence-corrected chi connectivity index (χ0v) is 28.5. The summed E-state index contributed by atoms with van der Waals surface area (Å²) in [6.45, 7) is 9.53. The monoisotopic (exact) mass is 664 g/mol. The van der Waals surface area contributed by atoms with Crippen molar-refractivity contribution in [2.45, 2.75) is 68.4 Å². The van der Waals surface area contributed by atoms with Crippen molar-refractivity contribution in [2.75, 3.05) is 17.2 Å². The van der Waals surface area contributed by atoms with Crippen LogP contribution in [0.1, 0.15) is 74.6 Å². The number of aromatic nitrogens is 3. The highest BCUT2D eigenvalue weighted by Gasteiger charge is 2.19. The summed E-state index contributed by atoms with van der Waals surface area (Å²) >= 11 is 1.49. The number of aliphatic hydroxyl groups excluding tert-OH is 1. The van der Waals surface area contributed by atoms with Crippen LogP contribution in [0.4, 0.5) is 22.0 Å². The highest BCUT2D eigenvalue weighted by molar-refractivity contribution is 7.99. The van der Waals surface area contributed by atoms with Gasteiger partial charge in [0.1, 0.15) is 17.7 Å². The quantitative estimate of drug-likeness (QED) is 0.110. The van der Waals surface area contributed by atoms with Gasteiger partial charge in [-0.1, -0.05) is 55.9 Å². The second kappa shape index (κ2) is 15.3. The first kappa shape index (κ1) is 34.3. The molecule has 5 aromatic rings. The third-order valence-corrected chi connectivity index (χ3v) is 8.34. The zero-order valence-electron chi connectivity index (χ0n) is 27.7. The van der Waals surface area contributed by atoms with Crippen molar-refractivity contribution >= 4 is 52.0 Å². The van der Waals surface area contributed by atoms with E-state index in [1.165, 1.54) is 18.1 Å². The number of hydrogen-bond acceptors (Lipinski definition) is 9. The second-order valence-electron chi connectivity index (χ2n) is 12.5. The molecule has 10 nitrogen and oxygen atoms in total. The fourth-order valence-electron chi connectivity index (χ4n) is 4.90. The van der Waals surface area contributed by atoms with Gasteiger partial charge >= 0.3 is 6.09 Å². The number of nitrogens with one attached hydrogen (secondary N) is 3. The minimum absolute atomic E-state index is 0.0678. The van der Waals surface area contributed by atoms with Crippen LogP contribution in [0.2, 0.25) is 0 Å². The molecule has 1 atom stereocenters. The molecule has 0 radical (unpaired) electrons. The van der Waals surface area contributed by atoms with Crippen molar-refractivity contribution in [1.82, 2.24) is 20.3 Å². The summed E-state index contributed by atoms with van der Waals surface area (Å²) in [5.74, 6) is 0.530. The number of amides is 2. The Hall–Kier alpha value is -5.00. The summed E-state index contributed by atoms with van der Waals surface area (Å²) in [6, 6.07) is 26.0. The molecule has 4 N–H and O–H groups in total. The highest BCUT2D eigenvalue weighted by Crippen LogP contribution is 2.37. The second-order valence-corrected chi connectivity index (χ2v) is 13.6. The van der Waals surface area contributed by atoms with Crippen molar-refractivity contribution in [3.8, 4) is 0 Å². The minimum atomic E-state index is -0.602. The van der Waals surface area contributed by atoms with Gasteiger partial charge in [-0.2, -0.15) is 0 Å². The summed E-state index contributed by atoms with van der Waals surface area (Å²) in [6.07, 6.45) is 1.33. The Bertz CT molecular complexity index is 1880. The predicted octanol–water partition coefficient (Wildman–Crippen LogP) is 8.24. The standard InChI is InChI=1S/C37H40N6O4S/c1-23(2)29-17-16-28-33(41-29)38-22-39-34(28)42-31-21-25(35(45)43-30(19-20-44)24-9-7-6-8-10-24)11-18-32(31)48-27-14-12-26(13-15-27)40-36(46)47-37(3,4)5/h6-18,21-23,30,44H,19-20H2,1-5H3,(H,40,46)(H,43,45)(H,38,39,41,42). The zero-order chi connectivity index (χ0) is 34.3. The van der Waals surface area contributed by atoms with Crippen LogP contribution in [0.25, 0.3) is 11.0 Å². The van der Waals surface area contributed by atoms with E-state index in [-0.39, 0.29) is 24.5 Å².